The van der Waals surface area contributed by atoms with E-state index in [2.05, 4.69) is 28.9 Å². The second kappa shape index (κ2) is 8.84. The second-order valence-corrected chi connectivity index (χ2v) is 9.38. The summed E-state index contributed by atoms with van der Waals surface area (Å²) in [5.41, 5.74) is 3.00. The Morgan fingerprint density at radius 1 is 0.875 bits per heavy atom. The molecule has 6 nitrogen and oxygen atoms in total. The summed E-state index contributed by atoms with van der Waals surface area (Å²) in [4.78, 5) is 35.9. The third kappa shape index (κ3) is 4.06. The van der Waals surface area contributed by atoms with Crippen molar-refractivity contribution in [2.24, 2.45) is 0 Å². The van der Waals surface area contributed by atoms with E-state index < -0.39 is 0 Å². The molecule has 0 spiro atoms. The fourth-order valence-electron chi connectivity index (χ4n) is 4.61. The Hall–Kier alpha value is -3.03. The zero-order valence-corrected chi connectivity index (χ0v) is 18.9. The average Bonchev–Trinajstić information content (AvgIpc) is 3.34. The minimum atomic E-state index is 0.0239. The predicted octanol–water partition coefficient (Wildman–Crippen LogP) is 3.48. The number of likely N-dealkylation sites (tertiary alicyclic amines) is 1. The Kier molecular flexibility index (Phi) is 5.76. The van der Waals surface area contributed by atoms with Crippen molar-refractivity contribution in [1.29, 1.82) is 0 Å². The Bertz CT molecular complexity index is 1080. The summed E-state index contributed by atoms with van der Waals surface area (Å²) < 4.78 is 0. The zero-order chi connectivity index (χ0) is 22.1. The van der Waals surface area contributed by atoms with E-state index in [0.29, 0.717) is 24.1 Å². The van der Waals surface area contributed by atoms with Gasteiger partial charge in [-0.3, -0.25) is 14.5 Å². The van der Waals surface area contributed by atoms with Gasteiger partial charge in [0.25, 0.3) is 11.8 Å². The lowest BCUT2D eigenvalue weighted by molar-refractivity contribution is -0.0132. The SMILES string of the molecule is CC1CN(C(=O)c2nccs2)CCN1C1CN(C(=O)c2ccc(-c3ccccc3)cc2)C1. The molecule has 164 valence electrons. The van der Waals surface area contributed by atoms with Gasteiger partial charge >= 0.3 is 0 Å². The van der Waals surface area contributed by atoms with Crippen LogP contribution >= 0.6 is 11.3 Å². The zero-order valence-electron chi connectivity index (χ0n) is 18.1. The molecule has 3 aromatic rings. The van der Waals surface area contributed by atoms with Crippen LogP contribution in [0, 0.1) is 0 Å². The van der Waals surface area contributed by atoms with Crippen molar-refractivity contribution in [3.8, 4) is 11.1 Å². The van der Waals surface area contributed by atoms with Gasteiger partial charge in [-0.25, -0.2) is 4.98 Å². The molecule has 0 aliphatic carbocycles. The van der Waals surface area contributed by atoms with E-state index in [1.165, 1.54) is 11.3 Å². The number of benzene rings is 2. The first-order valence-electron chi connectivity index (χ1n) is 11.0. The minimum absolute atomic E-state index is 0.0239. The van der Waals surface area contributed by atoms with Crippen molar-refractivity contribution < 1.29 is 9.59 Å². The summed E-state index contributed by atoms with van der Waals surface area (Å²) in [6.45, 7) is 5.87. The number of nitrogens with zero attached hydrogens (tertiary/aromatic N) is 4. The van der Waals surface area contributed by atoms with Gasteiger partial charge in [-0.2, -0.15) is 0 Å². The van der Waals surface area contributed by atoms with Gasteiger partial charge in [0.15, 0.2) is 5.01 Å². The van der Waals surface area contributed by atoms with Gasteiger partial charge in [0.1, 0.15) is 0 Å². The van der Waals surface area contributed by atoms with Crippen molar-refractivity contribution >= 4 is 23.2 Å². The maximum Gasteiger partial charge on any atom is 0.282 e. The highest BCUT2D eigenvalue weighted by atomic mass is 32.1. The van der Waals surface area contributed by atoms with Gasteiger partial charge < -0.3 is 9.80 Å². The molecule has 0 radical (unpaired) electrons. The fourth-order valence-corrected chi connectivity index (χ4v) is 5.21. The molecule has 1 aromatic heterocycles. The molecule has 7 heteroatoms. The Morgan fingerprint density at radius 3 is 2.25 bits per heavy atom. The van der Waals surface area contributed by atoms with Gasteiger partial charge in [0.05, 0.1) is 0 Å². The van der Waals surface area contributed by atoms with Crippen molar-refractivity contribution in [3.05, 3.63) is 76.7 Å². The lowest BCUT2D eigenvalue weighted by Gasteiger charge is -2.50. The van der Waals surface area contributed by atoms with E-state index in [4.69, 9.17) is 0 Å². The Morgan fingerprint density at radius 2 is 1.59 bits per heavy atom. The van der Waals surface area contributed by atoms with Crippen molar-refractivity contribution in [3.63, 3.8) is 0 Å². The Labute approximate surface area is 192 Å². The lowest BCUT2D eigenvalue weighted by Crippen LogP contribution is -2.66. The fraction of sp³-hybridized carbons (Fsp3) is 0.320. The molecule has 2 aliphatic rings. The quantitative estimate of drug-likeness (QED) is 0.616. The smallest absolute Gasteiger partial charge is 0.282 e. The molecule has 1 atom stereocenters. The third-order valence-corrected chi connectivity index (χ3v) is 7.20. The summed E-state index contributed by atoms with van der Waals surface area (Å²) in [5, 5.41) is 2.39. The first kappa shape index (κ1) is 20.8. The number of carbonyl (C=O) groups is 2. The van der Waals surface area contributed by atoms with Crippen molar-refractivity contribution in [1.82, 2.24) is 19.7 Å². The Balaban J connectivity index is 1.15. The molecule has 5 rings (SSSR count). The minimum Gasteiger partial charge on any atom is -0.335 e. The number of amides is 2. The van der Waals surface area contributed by atoms with E-state index in [0.717, 1.165) is 36.3 Å². The van der Waals surface area contributed by atoms with Crippen LogP contribution in [0.2, 0.25) is 0 Å². The third-order valence-electron chi connectivity index (χ3n) is 6.44. The number of piperazine rings is 1. The van der Waals surface area contributed by atoms with E-state index in [-0.39, 0.29) is 17.9 Å². The summed E-state index contributed by atoms with van der Waals surface area (Å²) in [6.07, 6.45) is 1.67. The maximum atomic E-state index is 12.9. The lowest BCUT2D eigenvalue weighted by atomic mass is 10.00. The average molecular weight is 447 g/mol. The van der Waals surface area contributed by atoms with Crippen molar-refractivity contribution in [2.75, 3.05) is 32.7 Å². The van der Waals surface area contributed by atoms with Crippen molar-refractivity contribution in [2.45, 2.75) is 19.0 Å². The molecule has 2 amide bonds. The van der Waals surface area contributed by atoms with E-state index in [1.807, 2.05) is 57.6 Å². The highest BCUT2D eigenvalue weighted by Gasteiger charge is 2.39. The monoisotopic (exact) mass is 446 g/mol. The van der Waals surface area contributed by atoms with Crippen LogP contribution in [0.5, 0.6) is 0 Å². The van der Waals surface area contributed by atoms with Gasteiger partial charge in [-0.05, 0) is 30.2 Å². The molecule has 2 saturated heterocycles. The number of hydrogen-bond donors (Lipinski definition) is 0. The van der Waals surface area contributed by atoms with Crippen LogP contribution in [0.4, 0.5) is 0 Å². The van der Waals surface area contributed by atoms with Crippen LogP contribution in [0.3, 0.4) is 0 Å². The van der Waals surface area contributed by atoms with Crippen LogP contribution in [0.1, 0.15) is 27.1 Å². The predicted molar refractivity (Wildman–Crippen MR) is 126 cm³/mol. The second-order valence-electron chi connectivity index (χ2n) is 8.48. The maximum absolute atomic E-state index is 12.9. The molecule has 0 saturated carbocycles. The summed E-state index contributed by atoms with van der Waals surface area (Å²) in [5.74, 6) is 0.113. The number of thiazole rings is 1. The van der Waals surface area contributed by atoms with Gasteiger partial charge in [-0.1, -0.05) is 42.5 Å². The first-order valence-corrected chi connectivity index (χ1v) is 11.9. The molecule has 3 heterocycles. The van der Waals surface area contributed by atoms with E-state index in [1.54, 1.807) is 6.20 Å². The van der Waals surface area contributed by atoms with Crippen LogP contribution in [0.25, 0.3) is 11.1 Å². The molecule has 2 aromatic carbocycles. The number of rotatable bonds is 4. The van der Waals surface area contributed by atoms with Crippen LogP contribution in [-0.4, -0.2) is 76.3 Å². The highest BCUT2D eigenvalue weighted by molar-refractivity contribution is 7.11. The number of aromatic nitrogens is 1. The summed E-state index contributed by atoms with van der Waals surface area (Å²) in [6, 6.07) is 18.7. The highest BCUT2D eigenvalue weighted by Crippen LogP contribution is 2.25. The molecule has 1 unspecified atom stereocenters. The molecule has 2 aliphatic heterocycles. The summed E-state index contributed by atoms with van der Waals surface area (Å²) >= 11 is 1.39. The molecular formula is C25H26N4O2S. The molecule has 0 bridgehead atoms. The van der Waals surface area contributed by atoms with Gasteiger partial charge in [0.2, 0.25) is 0 Å². The standard InChI is InChI=1S/C25H26N4O2S/c1-18-15-27(25(31)23-26-11-14-32-23)12-13-29(18)22-16-28(17-22)24(30)21-9-7-20(8-10-21)19-5-3-2-4-6-19/h2-11,14,18,22H,12-13,15-17H2,1H3. The van der Waals surface area contributed by atoms with E-state index in [9.17, 15) is 9.59 Å². The molecule has 2 fully saturated rings. The van der Waals surface area contributed by atoms with Gasteiger partial charge in [-0.15, -0.1) is 11.3 Å². The summed E-state index contributed by atoms with van der Waals surface area (Å²) in [7, 11) is 0. The topological polar surface area (TPSA) is 56.8 Å². The van der Waals surface area contributed by atoms with Crippen LogP contribution < -0.4 is 0 Å². The number of hydrogen-bond acceptors (Lipinski definition) is 5. The van der Waals surface area contributed by atoms with E-state index >= 15 is 0 Å². The van der Waals surface area contributed by atoms with Crippen LogP contribution in [0.15, 0.2) is 66.2 Å². The molecule has 32 heavy (non-hydrogen) atoms. The first-order chi connectivity index (χ1) is 15.6. The van der Waals surface area contributed by atoms with Crippen LogP contribution in [-0.2, 0) is 0 Å². The molecular weight excluding hydrogens is 420 g/mol. The molecule has 0 N–H and O–H groups in total. The van der Waals surface area contributed by atoms with Gasteiger partial charge in [0, 0.05) is 61.9 Å². The number of carbonyl (C=O) groups excluding carboxylic acids is 2. The normalized spacial score (nSPS) is 19.6. The largest absolute Gasteiger partial charge is 0.335 e.